The van der Waals surface area contributed by atoms with E-state index < -0.39 is 29.4 Å². The minimum atomic E-state index is -0.973. The van der Waals surface area contributed by atoms with E-state index in [1.807, 2.05) is 0 Å². The van der Waals surface area contributed by atoms with Crippen molar-refractivity contribution in [1.82, 2.24) is 15.1 Å². The second kappa shape index (κ2) is 10.7. The van der Waals surface area contributed by atoms with E-state index in [-0.39, 0.29) is 31.1 Å². The number of nitrogens with zero attached hydrogens (tertiary/aromatic N) is 2. The fourth-order valence-corrected chi connectivity index (χ4v) is 6.03. The number of likely N-dealkylation sites (tertiary alicyclic amines) is 1. The zero-order valence-electron chi connectivity index (χ0n) is 19.5. The van der Waals surface area contributed by atoms with Crippen molar-refractivity contribution in [2.24, 2.45) is 11.8 Å². The molecule has 4 heterocycles. The highest BCUT2D eigenvalue weighted by Crippen LogP contribution is 2.58. The van der Waals surface area contributed by atoms with E-state index in [1.165, 1.54) is 0 Å². The van der Waals surface area contributed by atoms with Crippen LogP contribution >= 0.6 is 0 Å². The Morgan fingerprint density at radius 1 is 1.21 bits per heavy atom. The van der Waals surface area contributed by atoms with Crippen LogP contribution in [0.1, 0.15) is 39.0 Å². The molecule has 10 nitrogen and oxygen atoms in total. The quantitative estimate of drug-likeness (QED) is 0.310. The highest BCUT2D eigenvalue weighted by Gasteiger charge is 2.74. The Labute approximate surface area is 194 Å². The van der Waals surface area contributed by atoms with Gasteiger partial charge in [0.1, 0.15) is 11.6 Å². The van der Waals surface area contributed by atoms with Crippen LogP contribution in [0.3, 0.4) is 0 Å². The number of amides is 2. The zero-order chi connectivity index (χ0) is 23.4. The lowest BCUT2D eigenvalue weighted by Crippen LogP contribution is -2.56. The topological polar surface area (TPSA) is 118 Å². The maximum absolute atomic E-state index is 13.6. The highest BCUT2D eigenvalue weighted by molar-refractivity contribution is 5.98. The summed E-state index contributed by atoms with van der Waals surface area (Å²) in [6.07, 6.45) is 2.94. The number of rotatable bonds is 11. The lowest BCUT2D eigenvalue weighted by molar-refractivity contribution is -0.154. The van der Waals surface area contributed by atoms with Gasteiger partial charge in [-0.1, -0.05) is 0 Å². The van der Waals surface area contributed by atoms with E-state index in [0.29, 0.717) is 52.0 Å². The van der Waals surface area contributed by atoms with Crippen LogP contribution in [-0.4, -0.2) is 110 Å². The maximum Gasteiger partial charge on any atom is 0.312 e. The SMILES string of the molecule is CCOC(=O)[C@@H]1[C@H]2C(=O)N(CCCCCO)C(C(=O)NCCN3CCOCC3)C23CC[C@H]1O3. The molecule has 0 radical (unpaired) electrons. The van der Waals surface area contributed by atoms with Gasteiger partial charge in [-0.25, -0.2) is 0 Å². The lowest BCUT2D eigenvalue weighted by Gasteiger charge is -2.34. The summed E-state index contributed by atoms with van der Waals surface area (Å²) in [5.74, 6) is -2.14. The molecule has 4 fully saturated rings. The Morgan fingerprint density at radius 2 is 2.00 bits per heavy atom. The normalized spacial score (nSPS) is 33.4. The van der Waals surface area contributed by atoms with Crippen molar-refractivity contribution in [1.29, 1.82) is 0 Å². The standard InChI is InChI=1S/C23H37N3O7/c1-2-32-22(30)17-16-6-7-23(33-16)18(17)21(29)26(9-4-3-5-13-27)19(23)20(28)24-8-10-25-11-14-31-15-12-25/h16-19,27H,2-15H2,1H3,(H,24,28)/t16-,17+,18+,19?,23?/m1/s1. The molecule has 0 aromatic carbocycles. The number of aliphatic hydroxyl groups excluding tert-OH is 1. The molecule has 5 atom stereocenters. The largest absolute Gasteiger partial charge is 0.466 e. The van der Waals surface area contributed by atoms with Crippen molar-refractivity contribution >= 4 is 17.8 Å². The third-order valence-electron chi connectivity index (χ3n) is 7.50. The number of morpholine rings is 1. The molecule has 2 N–H and O–H groups in total. The van der Waals surface area contributed by atoms with Crippen molar-refractivity contribution in [3.63, 3.8) is 0 Å². The predicted octanol–water partition coefficient (Wildman–Crippen LogP) is -0.465. The van der Waals surface area contributed by atoms with Gasteiger partial charge in [0.2, 0.25) is 11.8 Å². The lowest BCUT2D eigenvalue weighted by atomic mass is 9.71. The van der Waals surface area contributed by atoms with E-state index in [2.05, 4.69) is 10.2 Å². The average molecular weight is 468 g/mol. The summed E-state index contributed by atoms with van der Waals surface area (Å²) in [5.41, 5.74) is -0.973. The van der Waals surface area contributed by atoms with Crippen LogP contribution in [-0.2, 0) is 28.6 Å². The van der Waals surface area contributed by atoms with Gasteiger partial charge < -0.3 is 29.5 Å². The van der Waals surface area contributed by atoms with Gasteiger partial charge in [0, 0.05) is 39.3 Å². The minimum Gasteiger partial charge on any atom is -0.466 e. The molecule has 1 spiro atoms. The fourth-order valence-electron chi connectivity index (χ4n) is 6.03. The molecule has 0 saturated carbocycles. The Morgan fingerprint density at radius 3 is 2.73 bits per heavy atom. The van der Waals surface area contributed by atoms with Crippen LogP contribution in [0.5, 0.6) is 0 Å². The molecule has 0 aromatic heterocycles. The summed E-state index contributed by atoms with van der Waals surface area (Å²) < 4.78 is 17.0. The Hall–Kier alpha value is -1.75. The number of carbonyl (C=O) groups excluding carboxylic acids is 3. The highest BCUT2D eigenvalue weighted by atomic mass is 16.6. The molecule has 4 saturated heterocycles. The van der Waals surface area contributed by atoms with Crippen molar-refractivity contribution in [3.8, 4) is 0 Å². The zero-order valence-corrected chi connectivity index (χ0v) is 19.5. The van der Waals surface area contributed by atoms with Gasteiger partial charge >= 0.3 is 5.97 Å². The molecule has 4 aliphatic rings. The number of esters is 1. The Kier molecular flexibility index (Phi) is 7.88. The van der Waals surface area contributed by atoms with Gasteiger partial charge in [-0.3, -0.25) is 19.3 Å². The summed E-state index contributed by atoms with van der Waals surface area (Å²) in [5, 5.41) is 12.1. The van der Waals surface area contributed by atoms with E-state index in [9.17, 15) is 14.4 Å². The second-order valence-corrected chi connectivity index (χ2v) is 9.37. The molecule has 0 aliphatic carbocycles. The molecule has 2 unspecified atom stereocenters. The maximum atomic E-state index is 13.6. The summed E-state index contributed by atoms with van der Waals surface area (Å²) in [6, 6.07) is -0.752. The number of ether oxygens (including phenoxy) is 3. The van der Waals surface area contributed by atoms with Gasteiger partial charge in [-0.2, -0.15) is 0 Å². The molecule has 186 valence electrons. The third kappa shape index (κ3) is 4.62. The predicted molar refractivity (Wildman–Crippen MR) is 117 cm³/mol. The van der Waals surface area contributed by atoms with Crippen molar-refractivity contribution in [3.05, 3.63) is 0 Å². The summed E-state index contributed by atoms with van der Waals surface area (Å²) in [6.45, 7) is 6.76. The second-order valence-electron chi connectivity index (χ2n) is 9.37. The van der Waals surface area contributed by atoms with Crippen LogP contribution in [0.25, 0.3) is 0 Å². The number of carbonyl (C=O) groups is 3. The molecule has 33 heavy (non-hydrogen) atoms. The van der Waals surface area contributed by atoms with E-state index in [4.69, 9.17) is 19.3 Å². The number of fused-ring (bicyclic) bond motifs is 1. The van der Waals surface area contributed by atoms with Crippen LogP contribution in [0, 0.1) is 11.8 Å². The first-order valence-corrected chi connectivity index (χ1v) is 12.4. The van der Waals surface area contributed by atoms with Gasteiger partial charge in [-0.15, -0.1) is 0 Å². The van der Waals surface area contributed by atoms with Gasteiger partial charge in [-0.05, 0) is 39.0 Å². The fraction of sp³-hybridized carbons (Fsp3) is 0.870. The molecule has 10 heteroatoms. The van der Waals surface area contributed by atoms with Crippen LogP contribution in [0.4, 0.5) is 0 Å². The van der Waals surface area contributed by atoms with E-state index in [0.717, 1.165) is 26.1 Å². The van der Waals surface area contributed by atoms with Gasteiger partial charge in [0.25, 0.3) is 0 Å². The number of aliphatic hydroxyl groups is 1. The Bertz CT molecular complexity index is 729. The third-order valence-corrected chi connectivity index (χ3v) is 7.50. The molecular formula is C23H37N3O7. The first kappa shape index (κ1) is 24.4. The first-order valence-electron chi connectivity index (χ1n) is 12.4. The van der Waals surface area contributed by atoms with Crippen molar-refractivity contribution in [2.75, 3.05) is 59.2 Å². The summed E-state index contributed by atoms with van der Waals surface area (Å²) in [4.78, 5) is 43.7. The summed E-state index contributed by atoms with van der Waals surface area (Å²) >= 11 is 0. The molecule has 2 amide bonds. The Balaban J connectivity index is 1.49. The smallest absolute Gasteiger partial charge is 0.312 e. The minimum absolute atomic E-state index is 0.0989. The van der Waals surface area contributed by atoms with Crippen molar-refractivity contribution in [2.45, 2.75) is 56.8 Å². The molecule has 0 aromatic rings. The number of hydrogen-bond donors (Lipinski definition) is 2. The summed E-state index contributed by atoms with van der Waals surface area (Å²) in [7, 11) is 0. The van der Waals surface area contributed by atoms with Gasteiger partial charge in [0.05, 0.1) is 37.8 Å². The molecule has 4 aliphatic heterocycles. The number of unbranched alkanes of at least 4 members (excludes halogenated alkanes) is 2. The van der Waals surface area contributed by atoms with Crippen LogP contribution < -0.4 is 5.32 Å². The molecular weight excluding hydrogens is 430 g/mol. The number of nitrogens with one attached hydrogen (secondary N) is 1. The average Bonchev–Trinajstić information content (AvgIpc) is 3.45. The van der Waals surface area contributed by atoms with Crippen molar-refractivity contribution < 1.29 is 33.7 Å². The number of hydrogen-bond acceptors (Lipinski definition) is 8. The molecule has 4 rings (SSSR count). The first-order chi connectivity index (χ1) is 16.0. The van der Waals surface area contributed by atoms with E-state index in [1.54, 1.807) is 11.8 Å². The van der Waals surface area contributed by atoms with E-state index >= 15 is 0 Å². The van der Waals surface area contributed by atoms with Crippen LogP contribution in [0.2, 0.25) is 0 Å². The van der Waals surface area contributed by atoms with Gasteiger partial charge in [0.15, 0.2) is 0 Å². The monoisotopic (exact) mass is 467 g/mol. The molecule has 2 bridgehead atoms. The van der Waals surface area contributed by atoms with Crippen LogP contribution in [0.15, 0.2) is 0 Å².